The molecule has 1 fully saturated rings. The third kappa shape index (κ3) is 6.46. The highest BCUT2D eigenvalue weighted by Gasteiger charge is 2.15. The third-order valence-corrected chi connectivity index (χ3v) is 4.56. The average Bonchev–Trinajstić information content (AvgIpc) is 2.61. The Hall–Kier alpha value is -1.95. The number of hydrogen-bond donors (Lipinski definition) is 2. The van der Waals surface area contributed by atoms with Crippen LogP contribution < -0.4 is 20.5 Å². The highest BCUT2D eigenvalue weighted by molar-refractivity contribution is 5.92. The minimum Gasteiger partial charge on any atom is -0.493 e. The van der Waals surface area contributed by atoms with Gasteiger partial charge in [0.2, 0.25) is 0 Å². The molecule has 2 rings (SSSR count). The van der Waals surface area contributed by atoms with Gasteiger partial charge in [-0.15, -0.1) is 0 Å². The molecule has 1 atom stereocenters. The number of unbranched alkanes of at least 4 members (excludes halogenated alkanes) is 1. The Kier molecular flexibility index (Phi) is 7.85. The van der Waals surface area contributed by atoms with E-state index in [0.29, 0.717) is 17.5 Å². The average molecular weight is 348 g/mol. The van der Waals surface area contributed by atoms with Crippen LogP contribution in [0.2, 0.25) is 0 Å². The Morgan fingerprint density at radius 2 is 2.08 bits per heavy atom. The van der Waals surface area contributed by atoms with E-state index in [1.807, 2.05) is 18.2 Å². The predicted octanol–water partition coefficient (Wildman–Crippen LogP) is 2.94. The summed E-state index contributed by atoms with van der Waals surface area (Å²) in [6.07, 6.45) is 4.93. The van der Waals surface area contributed by atoms with Gasteiger partial charge in [-0.2, -0.15) is 0 Å². The van der Waals surface area contributed by atoms with E-state index in [1.165, 1.54) is 38.9 Å². The van der Waals surface area contributed by atoms with Crippen LogP contribution in [0.25, 0.3) is 0 Å². The molecule has 0 spiro atoms. The lowest BCUT2D eigenvalue weighted by Gasteiger charge is -2.30. The van der Waals surface area contributed by atoms with Crippen LogP contribution >= 0.6 is 0 Å². The fourth-order valence-corrected chi connectivity index (χ4v) is 3.24. The number of ether oxygens (including phenoxy) is 2. The molecule has 1 heterocycles. The molecule has 0 radical (unpaired) electrons. The largest absolute Gasteiger partial charge is 0.493 e. The van der Waals surface area contributed by atoms with Gasteiger partial charge in [-0.05, 0) is 56.8 Å². The molecule has 25 heavy (non-hydrogen) atoms. The highest BCUT2D eigenvalue weighted by atomic mass is 16.5. The first-order valence-corrected chi connectivity index (χ1v) is 9.13. The summed E-state index contributed by atoms with van der Waals surface area (Å²) in [4.78, 5) is 6.98. The zero-order valence-electron chi connectivity index (χ0n) is 15.8. The van der Waals surface area contributed by atoms with Crippen LogP contribution in [0.4, 0.5) is 5.69 Å². The van der Waals surface area contributed by atoms with Crippen molar-refractivity contribution >= 4 is 11.6 Å². The second-order valence-electron chi connectivity index (χ2n) is 6.72. The summed E-state index contributed by atoms with van der Waals surface area (Å²) < 4.78 is 10.5. The van der Waals surface area contributed by atoms with Crippen LogP contribution in [0.5, 0.6) is 11.5 Å². The first-order chi connectivity index (χ1) is 12.1. The maximum absolute atomic E-state index is 5.97. The number of nitrogens with zero attached hydrogens (tertiary/aromatic N) is 2. The van der Waals surface area contributed by atoms with Gasteiger partial charge in [0.15, 0.2) is 17.5 Å². The number of nitrogens with one attached hydrogen (secondary N) is 1. The van der Waals surface area contributed by atoms with E-state index < -0.39 is 0 Å². The Morgan fingerprint density at radius 3 is 2.80 bits per heavy atom. The molecule has 0 saturated carbocycles. The molecule has 0 amide bonds. The fourth-order valence-electron chi connectivity index (χ4n) is 3.24. The summed E-state index contributed by atoms with van der Waals surface area (Å²) in [6.45, 7) is 6.75. The van der Waals surface area contributed by atoms with E-state index in [0.717, 1.165) is 24.6 Å². The first kappa shape index (κ1) is 19.4. The van der Waals surface area contributed by atoms with Crippen molar-refractivity contribution in [2.24, 2.45) is 16.6 Å². The number of hydrogen-bond acceptors (Lipinski definition) is 4. The SMILES string of the molecule is COc1ccc(NC(N)=NCCCCN2CCCC(C)C2)cc1OC. The van der Waals surface area contributed by atoms with Crippen LogP contribution in [0.15, 0.2) is 23.2 Å². The summed E-state index contributed by atoms with van der Waals surface area (Å²) in [7, 11) is 3.23. The summed E-state index contributed by atoms with van der Waals surface area (Å²) >= 11 is 0. The van der Waals surface area contributed by atoms with Crippen LogP contribution in [-0.4, -0.2) is 51.3 Å². The number of methoxy groups -OCH3 is 2. The number of nitrogens with two attached hydrogens (primary N) is 1. The second-order valence-corrected chi connectivity index (χ2v) is 6.72. The van der Waals surface area contributed by atoms with Crippen LogP contribution in [0.1, 0.15) is 32.6 Å². The molecular formula is C19H32N4O2. The van der Waals surface area contributed by atoms with Crippen molar-refractivity contribution in [3.63, 3.8) is 0 Å². The molecule has 0 bridgehead atoms. The van der Waals surface area contributed by atoms with Crippen molar-refractivity contribution in [1.82, 2.24) is 4.90 Å². The molecule has 6 heteroatoms. The molecular weight excluding hydrogens is 316 g/mol. The van der Waals surface area contributed by atoms with Gasteiger partial charge < -0.3 is 25.4 Å². The molecule has 1 unspecified atom stereocenters. The normalized spacial score (nSPS) is 18.8. The smallest absolute Gasteiger partial charge is 0.193 e. The van der Waals surface area contributed by atoms with Crippen molar-refractivity contribution < 1.29 is 9.47 Å². The lowest BCUT2D eigenvalue weighted by atomic mass is 10.0. The number of benzene rings is 1. The molecule has 6 nitrogen and oxygen atoms in total. The van der Waals surface area contributed by atoms with Gasteiger partial charge in [0.1, 0.15) is 0 Å². The molecule has 1 aromatic rings. The van der Waals surface area contributed by atoms with Gasteiger partial charge in [0.05, 0.1) is 14.2 Å². The van der Waals surface area contributed by atoms with Crippen LogP contribution in [0.3, 0.4) is 0 Å². The summed E-state index contributed by atoms with van der Waals surface area (Å²) in [5.74, 6) is 2.62. The molecule has 1 aromatic carbocycles. The zero-order valence-corrected chi connectivity index (χ0v) is 15.8. The number of likely N-dealkylation sites (tertiary alicyclic amines) is 1. The van der Waals surface area contributed by atoms with E-state index in [4.69, 9.17) is 15.2 Å². The lowest BCUT2D eigenvalue weighted by molar-refractivity contribution is 0.181. The molecule has 0 aliphatic carbocycles. The molecule has 1 aliphatic heterocycles. The van der Waals surface area contributed by atoms with Gasteiger partial charge in [-0.25, -0.2) is 0 Å². The zero-order chi connectivity index (χ0) is 18.1. The minimum atomic E-state index is 0.429. The predicted molar refractivity (Wildman–Crippen MR) is 104 cm³/mol. The Balaban J connectivity index is 1.71. The van der Waals surface area contributed by atoms with Crippen molar-refractivity contribution in [3.05, 3.63) is 18.2 Å². The number of anilines is 1. The van der Waals surface area contributed by atoms with E-state index in [-0.39, 0.29) is 0 Å². The molecule has 1 saturated heterocycles. The van der Waals surface area contributed by atoms with E-state index in [2.05, 4.69) is 22.1 Å². The first-order valence-electron chi connectivity index (χ1n) is 9.13. The fraction of sp³-hybridized carbons (Fsp3) is 0.632. The van der Waals surface area contributed by atoms with Gasteiger partial charge in [0, 0.05) is 24.8 Å². The maximum atomic E-state index is 5.97. The second kappa shape index (κ2) is 10.1. The highest BCUT2D eigenvalue weighted by Crippen LogP contribution is 2.29. The topological polar surface area (TPSA) is 72.1 Å². The van der Waals surface area contributed by atoms with Gasteiger partial charge in [-0.3, -0.25) is 4.99 Å². The number of aliphatic imine (C=N–C) groups is 1. The molecule has 140 valence electrons. The number of rotatable bonds is 8. The van der Waals surface area contributed by atoms with E-state index in [1.54, 1.807) is 14.2 Å². The Morgan fingerprint density at radius 1 is 1.28 bits per heavy atom. The lowest BCUT2D eigenvalue weighted by Crippen LogP contribution is -2.35. The summed E-state index contributed by atoms with van der Waals surface area (Å²) in [6, 6.07) is 5.58. The Bertz CT molecular complexity index is 562. The van der Waals surface area contributed by atoms with Gasteiger partial charge >= 0.3 is 0 Å². The number of piperidine rings is 1. The van der Waals surface area contributed by atoms with Crippen molar-refractivity contribution in [3.8, 4) is 11.5 Å². The monoisotopic (exact) mass is 348 g/mol. The molecule has 0 aromatic heterocycles. The van der Waals surface area contributed by atoms with Crippen LogP contribution in [-0.2, 0) is 0 Å². The van der Waals surface area contributed by atoms with Crippen molar-refractivity contribution in [2.45, 2.75) is 32.6 Å². The molecule has 3 N–H and O–H groups in total. The Labute approximate surface area is 151 Å². The van der Waals surface area contributed by atoms with Gasteiger partial charge in [0.25, 0.3) is 0 Å². The maximum Gasteiger partial charge on any atom is 0.193 e. The van der Waals surface area contributed by atoms with Crippen molar-refractivity contribution in [2.75, 3.05) is 45.7 Å². The number of guanidine groups is 1. The van der Waals surface area contributed by atoms with Gasteiger partial charge in [-0.1, -0.05) is 6.92 Å². The van der Waals surface area contributed by atoms with Crippen molar-refractivity contribution in [1.29, 1.82) is 0 Å². The summed E-state index contributed by atoms with van der Waals surface area (Å²) in [5, 5.41) is 3.10. The summed E-state index contributed by atoms with van der Waals surface area (Å²) in [5.41, 5.74) is 6.80. The minimum absolute atomic E-state index is 0.429. The molecule has 1 aliphatic rings. The van der Waals surface area contributed by atoms with Crippen LogP contribution in [0, 0.1) is 5.92 Å². The standard InChI is InChI=1S/C19H32N4O2/c1-15-7-6-12-23(14-15)11-5-4-10-21-19(20)22-16-8-9-17(24-2)18(13-16)25-3/h8-9,13,15H,4-7,10-12,14H2,1-3H3,(H3,20,21,22). The van der Waals surface area contributed by atoms with E-state index in [9.17, 15) is 0 Å². The third-order valence-electron chi connectivity index (χ3n) is 4.56. The van der Waals surface area contributed by atoms with E-state index >= 15 is 0 Å². The quantitative estimate of drug-likeness (QED) is 0.429.